The highest BCUT2D eigenvalue weighted by Crippen LogP contribution is 2.41. The van der Waals surface area contributed by atoms with E-state index in [0.717, 1.165) is 51.1 Å². The van der Waals surface area contributed by atoms with Crippen LogP contribution in [0.2, 0.25) is 0 Å². The van der Waals surface area contributed by atoms with Crippen LogP contribution in [0, 0.1) is 5.41 Å². The standard InChI is InChI=1S/C22H25N5O3.ClH/c28-20(25-29)16-11-23-21(24-12-16)27-9-6-22(7-10-27)5-8-26(15-22)13-17-14-30-19-4-2-1-3-18(17)19;/h1-4,11-12,14,29H,5-10,13,15H2,(H,25,28);1H. The van der Waals surface area contributed by atoms with Crippen molar-refractivity contribution in [1.82, 2.24) is 20.3 Å². The maximum absolute atomic E-state index is 11.4. The molecule has 2 saturated heterocycles. The smallest absolute Gasteiger partial charge is 0.277 e. The van der Waals surface area contributed by atoms with E-state index in [2.05, 4.69) is 31.9 Å². The predicted octanol–water partition coefficient (Wildman–Crippen LogP) is 3.26. The molecule has 5 rings (SSSR count). The van der Waals surface area contributed by atoms with Gasteiger partial charge in [0.15, 0.2) is 0 Å². The number of aromatic nitrogens is 2. The second kappa shape index (κ2) is 8.82. The van der Waals surface area contributed by atoms with Gasteiger partial charge in [-0.15, -0.1) is 12.4 Å². The first-order valence-electron chi connectivity index (χ1n) is 10.3. The molecule has 8 nitrogen and oxygen atoms in total. The summed E-state index contributed by atoms with van der Waals surface area (Å²) in [5.74, 6) is 0.0367. The van der Waals surface area contributed by atoms with Gasteiger partial charge in [-0.05, 0) is 37.3 Å². The molecule has 1 aromatic carbocycles. The van der Waals surface area contributed by atoms with E-state index in [4.69, 9.17) is 9.62 Å². The Bertz CT molecular complexity index is 1050. The number of nitrogens with zero attached hydrogens (tertiary/aromatic N) is 4. The molecule has 164 valence electrons. The summed E-state index contributed by atoms with van der Waals surface area (Å²) in [6, 6.07) is 8.22. The lowest BCUT2D eigenvalue weighted by Gasteiger charge is -2.39. The summed E-state index contributed by atoms with van der Waals surface area (Å²) in [7, 11) is 0. The Labute approximate surface area is 186 Å². The van der Waals surface area contributed by atoms with Crippen LogP contribution in [0.3, 0.4) is 0 Å². The van der Waals surface area contributed by atoms with Gasteiger partial charge in [-0.2, -0.15) is 0 Å². The Morgan fingerprint density at radius 3 is 2.58 bits per heavy atom. The number of nitrogens with one attached hydrogen (secondary N) is 1. The number of furan rings is 1. The quantitative estimate of drug-likeness (QED) is 0.472. The fourth-order valence-corrected chi connectivity index (χ4v) is 4.81. The molecule has 2 fully saturated rings. The minimum Gasteiger partial charge on any atom is -0.464 e. The lowest BCUT2D eigenvalue weighted by molar-refractivity contribution is 0.0705. The van der Waals surface area contributed by atoms with Gasteiger partial charge in [-0.1, -0.05) is 18.2 Å². The lowest BCUT2D eigenvalue weighted by atomic mass is 9.78. The highest BCUT2D eigenvalue weighted by atomic mass is 35.5. The summed E-state index contributed by atoms with van der Waals surface area (Å²) in [4.78, 5) is 24.8. The molecule has 0 atom stereocenters. The number of hydrogen-bond donors (Lipinski definition) is 2. The number of hydrogen-bond acceptors (Lipinski definition) is 7. The molecule has 0 aliphatic carbocycles. The molecule has 1 spiro atoms. The number of carbonyl (C=O) groups excluding carboxylic acids is 1. The van der Waals surface area contributed by atoms with Gasteiger partial charge >= 0.3 is 0 Å². The zero-order valence-corrected chi connectivity index (χ0v) is 18.0. The van der Waals surface area contributed by atoms with Crippen molar-refractivity contribution in [3.63, 3.8) is 0 Å². The topological polar surface area (TPSA) is 94.7 Å². The molecular formula is C22H26ClN5O3. The lowest BCUT2D eigenvalue weighted by Crippen LogP contribution is -2.42. The minimum atomic E-state index is -0.601. The number of benzene rings is 1. The van der Waals surface area contributed by atoms with Crippen LogP contribution < -0.4 is 10.4 Å². The number of hydroxylamine groups is 1. The molecule has 2 aromatic heterocycles. The zero-order valence-electron chi connectivity index (χ0n) is 17.2. The van der Waals surface area contributed by atoms with Gasteiger partial charge in [0, 0.05) is 49.5 Å². The average Bonchev–Trinajstić information content (AvgIpc) is 3.38. The SMILES string of the molecule is Cl.O=C(NO)c1cnc(N2CCC3(CCN(Cc4coc5ccccc45)C3)CC2)nc1. The van der Waals surface area contributed by atoms with Gasteiger partial charge in [0.1, 0.15) is 5.58 Å². The van der Waals surface area contributed by atoms with Gasteiger partial charge < -0.3 is 9.32 Å². The van der Waals surface area contributed by atoms with Crippen LogP contribution in [-0.2, 0) is 6.54 Å². The van der Waals surface area contributed by atoms with E-state index in [1.54, 1.807) is 5.48 Å². The van der Waals surface area contributed by atoms with Crippen LogP contribution in [0.5, 0.6) is 0 Å². The number of carbonyl (C=O) groups is 1. The van der Waals surface area contributed by atoms with Crippen molar-refractivity contribution in [2.24, 2.45) is 5.41 Å². The Morgan fingerprint density at radius 1 is 1.13 bits per heavy atom. The number of para-hydroxylation sites is 1. The van der Waals surface area contributed by atoms with Gasteiger partial charge in [-0.25, -0.2) is 15.4 Å². The van der Waals surface area contributed by atoms with Gasteiger partial charge in [0.2, 0.25) is 5.95 Å². The second-order valence-electron chi connectivity index (χ2n) is 8.42. The van der Waals surface area contributed by atoms with E-state index >= 15 is 0 Å². The number of halogens is 1. The maximum atomic E-state index is 11.4. The molecule has 1 amide bonds. The summed E-state index contributed by atoms with van der Waals surface area (Å²) in [5.41, 5.74) is 4.42. The molecule has 2 aliphatic heterocycles. The molecule has 2 aliphatic rings. The van der Waals surface area contributed by atoms with Crippen molar-refractivity contribution in [2.75, 3.05) is 31.1 Å². The third-order valence-corrected chi connectivity index (χ3v) is 6.58. The molecule has 2 N–H and O–H groups in total. The van der Waals surface area contributed by atoms with E-state index in [1.165, 1.54) is 29.8 Å². The Kier molecular flexibility index (Phi) is 6.13. The van der Waals surface area contributed by atoms with Crippen molar-refractivity contribution in [3.05, 3.63) is 54.0 Å². The van der Waals surface area contributed by atoms with E-state index < -0.39 is 5.91 Å². The largest absolute Gasteiger partial charge is 0.464 e. The number of rotatable bonds is 4. The molecule has 3 aromatic rings. The normalized spacial score (nSPS) is 18.3. The molecule has 0 radical (unpaired) electrons. The monoisotopic (exact) mass is 443 g/mol. The van der Waals surface area contributed by atoms with Crippen LogP contribution in [0.4, 0.5) is 5.95 Å². The highest BCUT2D eigenvalue weighted by Gasteiger charge is 2.41. The number of piperidine rings is 1. The average molecular weight is 444 g/mol. The molecular weight excluding hydrogens is 418 g/mol. The number of amides is 1. The molecule has 9 heteroatoms. The number of anilines is 1. The van der Waals surface area contributed by atoms with Crippen molar-refractivity contribution in [1.29, 1.82) is 0 Å². The van der Waals surface area contributed by atoms with Crippen molar-refractivity contribution < 1.29 is 14.4 Å². The Balaban J connectivity index is 0.00000231. The van der Waals surface area contributed by atoms with Crippen LogP contribution in [0.15, 0.2) is 47.3 Å². The molecule has 0 unspecified atom stereocenters. The van der Waals surface area contributed by atoms with Crippen molar-refractivity contribution in [3.8, 4) is 0 Å². The summed E-state index contributed by atoms with van der Waals surface area (Å²) in [6.45, 7) is 4.97. The summed E-state index contributed by atoms with van der Waals surface area (Å²) in [6.07, 6.45) is 8.23. The first-order chi connectivity index (χ1) is 14.7. The third kappa shape index (κ3) is 4.23. The van der Waals surface area contributed by atoms with E-state index in [0.29, 0.717) is 11.4 Å². The maximum Gasteiger partial charge on any atom is 0.277 e. The third-order valence-electron chi connectivity index (χ3n) is 6.58. The molecule has 31 heavy (non-hydrogen) atoms. The zero-order chi connectivity index (χ0) is 20.6. The number of fused-ring (bicyclic) bond motifs is 1. The van der Waals surface area contributed by atoms with Gasteiger partial charge in [0.25, 0.3) is 5.91 Å². The first-order valence-corrected chi connectivity index (χ1v) is 10.3. The van der Waals surface area contributed by atoms with E-state index in [-0.39, 0.29) is 18.0 Å². The first kappa shape index (κ1) is 21.5. The van der Waals surface area contributed by atoms with E-state index in [9.17, 15) is 4.79 Å². The molecule has 0 saturated carbocycles. The van der Waals surface area contributed by atoms with Crippen LogP contribution in [0.1, 0.15) is 35.2 Å². The second-order valence-corrected chi connectivity index (χ2v) is 8.42. The molecule has 4 heterocycles. The van der Waals surface area contributed by atoms with Crippen molar-refractivity contribution in [2.45, 2.75) is 25.8 Å². The summed E-state index contributed by atoms with van der Waals surface area (Å²) >= 11 is 0. The van der Waals surface area contributed by atoms with Gasteiger partial charge in [-0.3, -0.25) is 14.9 Å². The van der Waals surface area contributed by atoms with Gasteiger partial charge in [0.05, 0.1) is 11.8 Å². The summed E-state index contributed by atoms with van der Waals surface area (Å²) in [5, 5.41) is 9.92. The number of likely N-dealkylation sites (tertiary alicyclic amines) is 1. The fraction of sp³-hybridized carbons (Fsp3) is 0.409. The van der Waals surface area contributed by atoms with Crippen LogP contribution in [-0.4, -0.2) is 52.2 Å². The molecule has 0 bridgehead atoms. The van der Waals surface area contributed by atoms with Crippen molar-refractivity contribution >= 4 is 35.2 Å². The Hall–Kier alpha value is -2.68. The van der Waals surface area contributed by atoms with Crippen LogP contribution >= 0.6 is 12.4 Å². The highest BCUT2D eigenvalue weighted by molar-refractivity contribution is 5.92. The minimum absolute atomic E-state index is 0. The fourth-order valence-electron chi connectivity index (χ4n) is 4.81. The van der Waals surface area contributed by atoms with Crippen LogP contribution in [0.25, 0.3) is 11.0 Å². The summed E-state index contributed by atoms with van der Waals surface area (Å²) < 4.78 is 5.70. The van der Waals surface area contributed by atoms with E-state index in [1.807, 2.05) is 18.4 Å². The predicted molar refractivity (Wildman–Crippen MR) is 119 cm³/mol. The Morgan fingerprint density at radius 2 is 1.84 bits per heavy atom.